The topological polar surface area (TPSA) is 31.5 Å². The first-order valence-electron chi connectivity index (χ1n) is 5.80. The third-order valence-corrected chi connectivity index (χ3v) is 2.50. The Balaban J connectivity index is -0.0000000816. The van der Waals surface area contributed by atoms with Crippen LogP contribution < -0.4 is 0 Å². The molecule has 2 saturated carbocycles. The van der Waals surface area contributed by atoms with Gasteiger partial charge in [-0.05, 0) is 0 Å². The van der Waals surface area contributed by atoms with Crippen molar-refractivity contribution in [2.45, 2.75) is 64.2 Å². The first kappa shape index (κ1) is 31.1. The van der Waals surface area contributed by atoms with Crippen molar-refractivity contribution >= 4 is 60.6 Å². The molecule has 0 heterocycles. The Morgan fingerprint density at radius 1 is 0.350 bits per heavy atom. The molecule has 0 bridgehead atoms. The average Bonchev–Trinajstić information content (AvgIpc) is 3.11. The SMILES string of the molecule is C1CCCC1.C1CCCC1.O.[Cl][Fe][Cl].[Cl][Fe][Cl].[Cl][Fe][Cl]. The molecule has 2 rings (SSSR count). The zero-order valence-electron chi connectivity index (χ0n) is 10.9. The normalized spacial score (nSPS) is 15.3. The van der Waals surface area contributed by atoms with Crippen LogP contribution in [0.3, 0.4) is 0 Å². The summed E-state index contributed by atoms with van der Waals surface area (Å²) in [4.78, 5) is 0. The van der Waals surface area contributed by atoms with Crippen LogP contribution >= 0.6 is 60.6 Å². The Morgan fingerprint density at radius 3 is 0.450 bits per heavy atom. The van der Waals surface area contributed by atoms with Crippen molar-refractivity contribution in [3.05, 3.63) is 0 Å². The minimum atomic E-state index is 0. The molecular weight excluding hydrogens is 516 g/mol. The van der Waals surface area contributed by atoms with Crippen LogP contribution in [0, 0.1) is 0 Å². The van der Waals surface area contributed by atoms with Crippen LogP contribution in [0.4, 0.5) is 0 Å². The summed E-state index contributed by atoms with van der Waals surface area (Å²) < 4.78 is 0. The van der Waals surface area contributed by atoms with Crippen LogP contribution in [-0.2, 0) is 39.4 Å². The summed E-state index contributed by atoms with van der Waals surface area (Å²) in [6, 6.07) is 0. The molecule has 20 heavy (non-hydrogen) atoms. The molecule has 0 radical (unpaired) electrons. The Labute approximate surface area is 168 Å². The molecule has 134 valence electrons. The molecule has 0 spiro atoms. The second-order valence-electron chi connectivity index (χ2n) is 3.69. The third-order valence-electron chi connectivity index (χ3n) is 2.50. The number of rotatable bonds is 0. The van der Waals surface area contributed by atoms with E-state index in [-0.39, 0.29) is 44.9 Å². The predicted molar refractivity (Wildman–Crippen MR) is 84.9 cm³/mol. The molecule has 1 nitrogen and oxygen atoms in total. The van der Waals surface area contributed by atoms with Crippen molar-refractivity contribution in [1.82, 2.24) is 0 Å². The summed E-state index contributed by atoms with van der Waals surface area (Å²) in [7, 11) is 28.6. The zero-order valence-corrected chi connectivity index (χ0v) is 18.7. The molecule has 0 saturated heterocycles. The average molecular weight is 539 g/mol. The van der Waals surface area contributed by atoms with Gasteiger partial charge in [0.05, 0.1) is 0 Å². The Morgan fingerprint density at radius 2 is 0.400 bits per heavy atom. The summed E-state index contributed by atoms with van der Waals surface area (Å²) in [5.41, 5.74) is 0. The molecule has 0 aliphatic heterocycles. The molecule has 0 aromatic carbocycles. The predicted octanol–water partition coefficient (Wildman–Crippen LogP) is 7.21. The van der Waals surface area contributed by atoms with Crippen molar-refractivity contribution in [2.75, 3.05) is 0 Å². The van der Waals surface area contributed by atoms with Crippen LogP contribution in [0.1, 0.15) is 64.2 Å². The van der Waals surface area contributed by atoms with Gasteiger partial charge in [0.15, 0.2) is 0 Å². The third kappa shape index (κ3) is 49.6. The van der Waals surface area contributed by atoms with Gasteiger partial charge in [0, 0.05) is 0 Å². The van der Waals surface area contributed by atoms with E-state index in [0.29, 0.717) is 0 Å². The minimum absolute atomic E-state index is 0. The summed E-state index contributed by atoms with van der Waals surface area (Å²) in [5, 5.41) is 0. The quantitative estimate of drug-likeness (QED) is 0.292. The Hall–Kier alpha value is 3.26. The van der Waals surface area contributed by atoms with Gasteiger partial charge in [0.1, 0.15) is 0 Å². The number of hydrogen-bond acceptors (Lipinski definition) is 0. The molecule has 10 heteroatoms. The number of halogens is 6. The van der Waals surface area contributed by atoms with Gasteiger partial charge >= 0.3 is 100.0 Å². The van der Waals surface area contributed by atoms with Gasteiger partial charge in [-0.15, -0.1) is 0 Å². The second-order valence-corrected chi connectivity index (χ2v) is 9.16. The monoisotopic (exact) mass is 536 g/mol. The van der Waals surface area contributed by atoms with E-state index < -0.39 is 0 Å². The van der Waals surface area contributed by atoms with E-state index in [9.17, 15) is 0 Å². The van der Waals surface area contributed by atoms with E-state index in [1.807, 2.05) is 0 Å². The van der Waals surface area contributed by atoms with Gasteiger partial charge in [-0.3, -0.25) is 0 Å². The molecule has 2 N–H and O–H groups in total. The van der Waals surface area contributed by atoms with Crippen molar-refractivity contribution in [1.29, 1.82) is 0 Å². The summed E-state index contributed by atoms with van der Waals surface area (Å²) in [5.74, 6) is 0. The summed E-state index contributed by atoms with van der Waals surface area (Å²) >= 11 is 0.583. The Bertz CT molecular complexity index is 91.2. The molecule has 0 amide bonds. The van der Waals surface area contributed by atoms with Gasteiger partial charge in [-0.1, -0.05) is 64.2 Å². The molecule has 0 unspecified atom stereocenters. The van der Waals surface area contributed by atoms with Crippen LogP contribution in [-0.4, -0.2) is 5.48 Å². The fourth-order valence-electron chi connectivity index (χ4n) is 1.77. The van der Waals surface area contributed by atoms with E-state index in [0.717, 1.165) is 0 Å². The summed E-state index contributed by atoms with van der Waals surface area (Å²) in [6.45, 7) is 0. The van der Waals surface area contributed by atoms with E-state index in [4.69, 9.17) is 60.6 Å². The number of hydrogen-bond donors (Lipinski definition) is 0. The van der Waals surface area contributed by atoms with Crippen LogP contribution in [0.15, 0.2) is 0 Å². The van der Waals surface area contributed by atoms with Crippen molar-refractivity contribution < 1.29 is 44.9 Å². The van der Waals surface area contributed by atoms with Gasteiger partial charge in [-0.25, -0.2) is 0 Å². The van der Waals surface area contributed by atoms with E-state index in [2.05, 4.69) is 0 Å². The molecule has 0 atom stereocenters. The maximum atomic E-state index is 4.76. The molecule has 0 aromatic heterocycles. The molecule has 0 aromatic rings. The fourth-order valence-corrected chi connectivity index (χ4v) is 1.77. The molecule has 2 aliphatic rings. The van der Waals surface area contributed by atoms with E-state index >= 15 is 0 Å². The van der Waals surface area contributed by atoms with Crippen LogP contribution in [0.25, 0.3) is 0 Å². The molecule has 2 fully saturated rings. The standard InChI is InChI=1S/2C5H10.6ClH.3Fe.H2O/c2*1-2-4-5-3-1;;;;;;;;;;/h2*1-5H2;6*1H;;;;1H2/q;;;;;;;;3*+2;/p-6. The van der Waals surface area contributed by atoms with E-state index in [1.54, 1.807) is 0 Å². The van der Waals surface area contributed by atoms with Gasteiger partial charge in [-0.2, -0.15) is 0 Å². The van der Waals surface area contributed by atoms with Crippen molar-refractivity contribution in [3.8, 4) is 0 Å². The first-order valence-corrected chi connectivity index (χ1v) is 14.9. The summed E-state index contributed by atoms with van der Waals surface area (Å²) in [6.07, 6.45) is 15.0. The van der Waals surface area contributed by atoms with Crippen molar-refractivity contribution in [3.63, 3.8) is 0 Å². The van der Waals surface area contributed by atoms with Crippen molar-refractivity contribution in [2.24, 2.45) is 0 Å². The fraction of sp³-hybridized carbons (Fsp3) is 1.00. The van der Waals surface area contributed by atoms with Gasteiger partial charge < -0.3 is 5.48 Å². The second kappa shape index (κ2) is 38.1. The van der Waals surface area contributed by atoms with Crippen LogP contribution in [0.2, 0.25) is 0 Å². The first-order chi connectivity index (χ1) is 9.24. The molecule has 2 aliphatic carbocycles. The Kier molecular flexibility index (Phi) is 59.1. The maximum absolute atomic E-state index is 4.76. The van der Waals surface area contributed by atoms with Gasteiger partial charge in [0.25, 0.3) is 0 Å². The van der Waals surface area contributed by atoms with Gasteiger partial charge in [0.2, 0.25) is 0 Å². The van der Waals surface area contributed by atoms with E-state index in [1.165, 1.54) is 64.2 Å². The zero-order chi connectivity index (χ0) is 15.2. The molecular formula is C10H22Cl6Fe3O. The van der Waals surface area contributed by atoms with Crippen LogP contribution in [0.5, 0.6) is 0 Å².